The van der Waals surface area contributed by atoms with E-state index >= 15 is 0 Å². The quantitative estimate of drug-likeness (QED) is 0.629. The Hall–Kier alpha value is -4.01. The van der Waals surface area contributed by atoms with Crippen molar-refractivity contribution in [2.24, 2.45) is 0 Å². The zero-order valence-corrected chi connectivity index (χ0v) is 16.7. The number of para-hydroxylation sites is 1. The highest BCUT2D eigenvalue weighted by Gasteiger charge is 2.43. The van der Waals surface area contributed by atoms with Crippen LogP contribution in [0.5, 0.6) is 0 Å². The first kappa shape index (κ1) is 19.0. The largest absolute Gasteiger partial charge is 0.337 e. The molecule has 2 aliphatic heterocycles. The van der Waals surface area contributed by atoms with Crippen molar-refractivity contribution >= 4 is 23.5 Å². The summed E-state index contributed by atoms with van der Waals surface area (Å²) < 4.78 is 5.41. The molecule has 9 nitrogen and oxygen atoms in total. The maximum absolute atomic E-state index is 12.5. The molecule has 2 aliphatic rings. The molecule has 1 saturated heterocycles. The number of aryl methyl sites for hydroxylation is 1. The molecular formula is C22H19N5O4. The number of nitrogens with one attached hydrogen (secondary N) is 2. The second-order valence-electron chi connectivity index (χ2n) is 7.73. The lowest BCUT2D eigenvalue weighted by Crippen LogP contribution is -2.40. The Morgan fingerprint density at radius 2 is 1.94 bits per heavy atom. The van der Waals surface area contributed by atoms with Crippen LogP contribution in [0.1, 0.15) is 30.4 Å². The number of imide groups is 1. The maximum Gasteiger partial charge on any atom is 0.322 e. The average Bonchev–Trinajstić information content (AvgIpc) is 3.34. The Labute approximate surface area is 177 Å². The third-order valence-electron chi connectivity index (χ3n) is 5.70. The lowest BCUT2D eigenvalue weighted by molar-refractivity contribution is -0.123. The van der Waals surface area contributed by atoms with Crippen molar-refractivity contribution in [1.82, 2.24) is 20.8 Å². The summed E-state index contributed by atoms with van der Waals surface area (Å²) in [5.74, 6) is 0.230. The number of carbonyl (C=O) groups excluding carboxylic acids is 3. The molecule has 31 heavy (non-hydrogen) atoms. The van der Waals surface area contributed by atoms with Gasteiger partial charge in [0.1, 0.15) is 12.1 Å². The zero-order chi connectivity index (χ0) is 21.6. The second-order valence-corrected chi connectivity index (χ2v) is 7.73. The molecule has 3 heterocycles. The zero-order valence-electron chi connectivity index (χ0n) is 16.7. The number of carbonyl (C=O) groups is 3. The molecule has 2 N–H and O–H groups in total. The number of benzene rings is 2. The van der Waals surface area contributed by atoms with Gasteiger partial charge in [0.15, 0.2) is 0 Å². The molecule has 0 aliphatic carbocycles. The van der Waals surface area contributed by atoms with Crippen molar-refractivity contribution < 1.29 is 18.9 Å². The van der Waals surface area contributed by atoms with Crippen LogP contribution in [0.2, 0.25) is 0 Å². The Kier molecular flexibility index (Phi) is 4.32. The highest BCUT2D eigenvalue weighted by Crippen LogP contribution is 2.30. The Morgan fingerprint density at radius 3 is 2.74 bits per heavy atom. The molecule has 2 aromatic carbocycles. The van der Waals surface area contributed by atoms with E-state index in [1.54, 1.807) is 36.1 Å². The van der Waals surface area contributed by atoms with E-state index in [0.29, 0.717) is 29.3 Å². The van der Waals surface area contributed by atoms with Gasteiger partial charge in [-0.15, -0.1) is 0 Å². The highest BCUT2D eigenvalue weighted by atomic mass is 16.5. The Balaban J connectivity index is 1.42. The summed E-state index contributed by atoms with van der Waals surface area (Å²) in [6.45, 7) is 1.81. The van der Waals surface area contributed by atoms with Crippen molar-refractivity contribution in [3.8, 4) is 11.4 Å². The first-order chi connectivity index (χ1) is 14.9. The van der Waals surface area contributed by atoms with E-state index < -0.39 is 17.5 Å². The molecule has 1 fully saturated rings. The predicted octanol–water partition coefficient (Wildman–Crippen LogP) is 2.27. The van der Waals surface area contributed by atoms with Crippen LogP contribution >= 0.6 is 0 Å². The monoisotopic (exact) mass is 417 g/mol. The number of aromatic nitrogens is 2. The van der Waals surface area contributed by atoms with Gasteiger partial charge in [-0.05, 0) is 36.6 Å². The minimum atomic E-state index is -1.18. The van der Waals surface area contributed by atoms with Gasteiger partial charge in [0.2, 0.25) is 17.6 Å². The predicted molar refractivity (Wildman–Crippen MR) is 110 cm³/mol. The molecule has 1 atom stereocenters. The van der Waals surface area contributed by atoms with Crippen molar-refractivity contribution in [2.75, 3.05) is 4.90 Å². The van der Waals surface area contributed by atoms with Gasteiger partial charge in [0, 0.05) is 17.7 Å². The van der Waals surface area contributed by atoms with E-state index in [4.69, 9.17) is 4.52 Å². The third kappa shape index (κ3) is 3.24. The van der Waals surface area contributed by atoms with Gasteiger partial charge < -0.3 is 14.7 Å². The molecule has 1 unspecified atom stereocenters. The van der Waals surface area contributed by atoms with Crippen LogP contribution in [0.3, 0.4) is 0 Å². The van der Waals surface area contributed by atoms with Crippen molar-refractivity contribution in [3.63, 3.8) is 0 Å². The third-order valence-corrected chi connectivity index (χ3v) is 5.70. The number of amides is 4. The molecule has 156 valence electrons. The van der Waals surface area contributed by atoms with Gasteiger partial charge in [-0.3, -0.25) is 14.9 Å². The number of fused-ring (bicyclic) bond motifs is 1. The highest BCUT2D eigenvalue weighted by molar-refractivity contribution is 6.07. The molecule has 3 aromatic rings. The fourth-order valence-electron chi connectivity index (χ4n) is 3.96. The number of nitrogens with zero attached hydrogens (tertiary/aromatic N) is 3. The normalized spacial score (nSPS) is 20.4. The van der Waals surface area contributed by atoms with Crippen LogP contribution in [-0.2, 0) is 28.1 Å². The number of hydrogen-bond donors (Lipinski definition) is 2. The number of rotatable bonds is 4. The standard InChI is InChI=1S/C22H19N5O4/c1-22(20(29)24-21(30)25-22)15-7-4-6-14(11-15)19-23-17(31-26-19)12-27-16-8-3-2-5-13(16)9-10-18(27)28/h2-8,11H,9-10,12H2,1H3,(H2,24,25,29,30). The molecule has 5 rings (SSSR count). The number of anilines is 1. The summed E-state index contributed by atoms with van der Waals surface area (Å²) >= 11 is 0. The summed E-state index contributed by atoms with van der Waals surface area (Å²) in [5.41, 5.74) is 2.02. The molecule has 9 heteroatoms. The number of urea groups is 1. The smallest absolute Gasteiger partial charge is 0.322 e. The summed E-state index contributed by atoms with van der Waals surface area (Å²) in [7, 11) is 0. The van der Waals surface area contributed by atoms with Crippen LogP contribution in [0.15, 0.2) is 53.1 Å². The van der Waals surface area contributed by atoms with Crippen LogP contribution in [-0.4, -0.2) is 28.0 Å². The van der Waals surface area contributed by atoms with Crippen LogP contribution in [0.25, 0.3) is 11.4 Å². The molecule has 1 aromatic heterocycles. The average molecular weight is 417 g/mol. The molecule has 0 radical (unpaired) electrons. The first-order valence-electron chi connectivity index (χ1n) is 9.89. The Morgan fingerprint density at radius 1 is 1.10 bits per heavy atom. The van der Waals surface area contributed by atoms with Gasteiger partial charge >= 0.3 is 6.03 Å². The maximum atomic E-state index is 12.5. The second kappa shape index (κ2) is 7.05. The van der Waals surface area contributed by atoms with Crippen LogP contribution in [0.4, 0.5) is 10.5 Å². The molecule has 4 amide bonds. The molecule has 0 saturated carbocycles. The molecule has 0 spiro atoms. The SMILES string of the molecule is CC1(c2cccc(-c3noc(CN4C(=O)CCc5ccccc54)n3)c2)NC(=O)NC1=O. The summed E-state index contributed by atoms with van der Waals surface area (Å²) in [4.78, 5) is 42.4. The van der Waals surface area contributed by atoms with E-state index in [-0.39, 0.29) is 12.5 Å². The van der Waals surface area contributed by atoms with Gasteiger partial charge in [0.05, 0.1) is 0 Å². The fraction of sp³-hybridized carbons (Fsp3) is 0.227. The van der Waals surface area contributed by atoms with Crippen LogP contribution < -0.4 is 15.5 Å². The van der Waals surface area contributed by atoms with E-state index in [1.807, 2.05) is 24.3 Å². The van der Waals surface area contributed by atoms with Gasteiger partial charge in [0.25, 0.3) is 5.91 Å². The lowest BCUT2D eigenvalue weighted by Gasteiger charge is -2.28. The molecule has 0 bridgehead atoms. The topological polar surface area (TPSA) is 117 Å². The number of hydrogen-bond acceptors (Lipinski definition) is 6. The van der Waals surface area contributed by atoms with Gasteiger partial charge in [-0.25, -0.2) is 4.79 Å². The molecular weight excluding hydrogens is 398 g/mol. The van der Waals surface area contributed by atoms with Crippen LogP contribution in [0, 0.1) is 0 Å². The first-order valence-corrected chi connectivity index (χ1v) is 9.89. The van der Waals surface area contributed by atoms with Crippen molar-refractivity contribution in [2.45, 2.75) is 31.8 Å². The minimum absolute atomic E-state index is 0.0105. The lowest BCUT2D eigenvalue weighted by atomic mass is 9.91. The van der Waals surface area contributed by atoms with E-state index in [9.17, 15) is 14.4 Å². The van der Waals surface area contributed by atoms with E-state index in [1.165, 1.54) is 0 Å². The minimum Gasteiger partial charge on any atom is -0.337 e. The van der Waals surface area contributed by atoms with E-state index in [2.05, 4.69) is 20.8 Å². The van der Waals surface area contributed by atoms with Gasteiger partial charge in [-0.2, -0.15) is 4.98 Å². The summed E-state index contributed by atoms with van der Waals surface area (Å²) in [6, 6.07) is 14.3. The van der Waals surface area contributed by atoms with Gasteiger partial charge in [-0.1, -0.05) is 41.6 Å². The Bertz CT molecular complexity index is 1220. The van der Waals surface area contributed by atoms with Crippen molar-refractivity contribution in [3.05, 3.63) is 65.5 Å². The summed E-state index contributed by atoms with van der Waals surface area (Å²) in [5, 5.41) is 8.94. The van der Waals surface area contributed by atoms with E-state index in [0.717, 1.165) is 17.7 Å². The summed E-state index contributed by atoms with van der Waals surface area (Å²) in [6.07, 6.45) is 1.16. The fourth-order valence-corrected chi connectivity index (χ4v) is 3.96. The van der Waals surface area contributed by atoms with Crippen molar-refractivity contribution in [1.29, 1.82) is 0 Å².